The zero-order valence-corrected chi connectivity index (χ0v) is 9.29. The van der Waals surface area contributed by atoms with Gasteiger partial charge in [0.05, 0.1) is 0 Å². The Kier molecular flexibility index (Phi) is 2.94. The molecular formula is C11H21N3. The zero-order chi connectivity index (χ0) is 9.97. The van der Waals surface area contributed by atoms with Crippen LogP contribution in [0.15, 0.2) is 4.99 Å². The Morgan fingerprint density at radius 2 is 2.21 bits per heavy atom. The van der Waals surface area contributed by atoms with Gasteiger partial charge in [-0.3, -0.25) is 4.99 Å². The molecule has 80 valence electrons. The molecule has 1 atom stereocenters. The van der Waals surface area contributed by atoms with Crippen molar-refractivity contribution in [2.45, 2.75) is 38.6 Å². The van der Waals surface area contributed by atoms with Crippen molar-refractivity contribution in [3.63, 3.8) is 0 Å². The molecule has 0 saturated heterocycles. The first-order valence-electron chi connectivity index (χ1n) is 5.79. The summed E-state index contributed by atoms with van der Waals surface area (Å²) >= 11 is 0. The molecule has 1 N–H and O–H groups in total. The van der Waals surface area contributed by atoms with Crippen molar-refractivity contribution in [3.8, 4) is 0 Å². The zero-order valence-electron chi connectivity index (χ0n) is 9.29. The summed E-state index contributed by atoms with van der Waals surface area (Å²) in [5.41, 5.74) is 0. The van der Waals surface area contributed by atoms with Gasteiger partial charge in [-0.2, -0.15) is 0 Å². The normalized spacial score (nSPS) is 25.3. The van der Waals surface area contributed by atoms with Gasteiger partial charge in [0.1, 0.15) is 0 Å². The highest BCUT2D eigenvalue weighted by atomic mass is 15.3. The lowest BCUT2D eigenvalue weighted by molar-refractivity contribution is 0.252. The van der Waals surface area contributed by atoms with E-state index >= 15 is 0 Å². The Hall–Kier alpha value is -0.730. The predicted molar refractivity (Wildman–Crippen MR) is 59.5 cm³/mol. The van der Waals surface area contributed by atoms with E-state index in [-0.39, 0.29) is 0 Å². The Labute approximate surface area is 86.6 Å². The quantitative estimate of drug-likeness (QED) is 0.722. The summed E-state index contributed by atoms with van der Waals surface area (Å²) in [5.74, 6) is 1.99. The molecule has 1 aliphatic heterocycles. The molecule has 0 amide bonds. The second kappa shape index (κ2) is 4.20. The van der Waals surface area contributed by atoms with Crippen LogP contribution in [0, 0.1) is 5.92 Å². The van der Waals surface area contributed by atoms with E-state index in [4.69, 9.17) is 0 Å². The molecule has 0 radical (unpaired) electrons. The lowest BCUT2D eigenvalue weighted by atomic mass is 9.80. The summed E-state index contributed by atoms with van der Waals surface area (Å²) in [6, 6.07) is 0.600. The molecular weight excluding hydrogens is 174 g/mol. The van der Waals surface area contributed by atoms with Gasteiger partial charge in [0.15, 0.2) is 5.96 Å². The van der Waals surface area contributed by atoms with Crippen molar-refractivity contribution in [1.29, 1.82) is 0 Å². The number of hydrogen-bond acceptors (Lipinski definition) is 3. The minimum absolute atomic E-state index is 0.600. The lowest BCUT2D eigenvalue weighted by Gasteiger charge is -2.35. The number of nitrogens with one attached hydrogen (secondary N) is 1. The highest BCUT2D eigenvalue weighted by Gasteiger charge is 2.25. The highest BCUT2D eigenvalue weighted by molar-refractivity contribution is 5.80. The van der Waals surface area contributed by atoms with Crippen molar-refractivity contribution in [3.05, 3.63) is 0 Å². The third-order valence-electron chi connectivity index (χ3n) is 3.49. The molecule has 0 spiro atoms. The first-order valence-corrected chi connectivity index (χ1v) is 5.79. The Morgan fingerprint density at radius 3 is 2.79 bits per heavy atom. The van der Waals surface area contributed by atoms with E-state index in [9.17, 15) is 0 Å². The molecule has 1 fully saturated rings. The maximum atomic E-state index is 4.52. The van der Waals surface area contributed by atoms with Gasteiger partial charge < -0.3 is 10.2 Å². The average molecular weight is 195 g/mol. The molecule has 1 heterocycles. The minimum atomic E-state index is 0.600. The first kappa shape index (κ1) is 9.81. The van der Waals surface area contributed by atoms with E-state index < -0.39 is 0 Å². The van der Waals surface area contributed by atoms with Crippen LogP contribution in [-0.4, -0.2) is 37.0 Å². The fourth-order valence-electron chi connectivity index (χ4n) is 2.14. The van der Waals surface area contributed by atoms with E-state index in [0.717, 1.165) is 25.0 Å². The largest absolute Gasteiger partial charge is 0.354 e. The fourth-order valence-corrected chi connectivity index (χ4v) is 2.14. The minimum Gasteiger partial charge on any atom is -0.354 e. The first-order chi connectivity index (χ1) is 6.77. The third-order valence-corrected chi connectivity index (χ3v) is 3.49. The van der Waals surface area contributed by atoms with E-state index in [1.807, 2.05) is 0 Å². The van der Waals surface area contributed by atoms with Crippen LogP contribution in [0.3, 0.4) is 0 Å². The second-order valence-corrected chi connectivity index (χ2v) is 4.60. The molecule has 0 aromatic carbocycles. The Bertz CT molecular complexity index is 221. The Balaban J connectivity index is 1.85. The van der Waals surface area contributed by atoms with Crippen LogP contribution in [0.1, 0.15) is 32.6 Å². The van der Waals surface area contributed by atoms with E-state index in [0.29, 0.717) is 6.04 Å². The maximum absolute atomic E-state index is 4.52. The van der Waals surface area contributed by atoms with Crippen LogP contribution in [0.5, 0.6) is 0 Å². The monoisotopic (exact) mass is 195 g/mol. The lowest BCUT2D eigenvalue weighted by Crippen LogP contribution is -2.49. The number of guanidine groups is 1. The van der Waals surface area contributed by atoms with Crippen LogP contribution in [0.4, 0.5) is 0 Å². The summed E-state index contributed by atoms with van der Waals surface area (Å²) in [6.45, 7) is 4.42. The summed E-state index contributed by atoms with van der Waals surface area (Å²) in [4.78, 5) is 6.76. The van der Waals surface area contributed by atoms with Crippen molar-refractivity contribution in [2.75, 3.05) is 20.1 Å². The topological polar surface area (TPSA) is 27.6 Å². The van der Waals surface area contributed by atoms with Crippen molar-refractivity contribution < 1.29 is 0 Å². The molecule has 3 nitrogen and oxygen atoms in total. The van der Waals surface area contributed by atoms with Gasteiger partial charge in [0.25, 0.3) is 0 Å². The van der Waals surface area contributed by atoms with Crippen LogP contribution in [-0.2, 0) is 0 Å². The van der Waals surface area contributed by atoms with Gasteiger partial charge in [-0.25, -0.2) is 0 Å². The number of rotatable bonds is 2. The smallest absolute Gasteiger partial charge is 0.193 e. The molecule has 0 bridgehead atoms. The van der Waals surface area contributed by atoms with Gasteiger partial charge in [-0.05, 0) is 32.1 Å². The van der Waals surface area contributed by atoms with E-state index in [1.165, 1.54) is 25.7 Å². The van der Waals surface area contributed by atoms with Gasteiger partial charge in [-0.15, -0.1) is 0 Å². The van der Waals surface area contributed by atoms with Gasteiger partial charge in [0.2, 0.25) is 0 Å². The van der Waals surface area contributed by atoms with Crippen LogP contribution in [0.25, 0.3) is 0 Å². The van der Waals surface area contributed by atoms with Gasteiger partial charge in [-0.1, -0.05) is 6.42 Å². The summed E-state index contributed by atoms with van der Waals surface area (Å²) in [5, 5.41) is 3.55. The average Bonchev–Trinajstić information content (AvgIpc) is 2.05. The predicted octanol–water partition coefficient (Wildman–Crippen LogP) is 1.46. The summed E-state index contributed by atoms with van der Waals surface area (Å²) in [6.07, 6.45) is 5.40. The molecule has 1 unspecified atom stereocenters. The molecule has 1 saturated carbocycles. The SMILES string of the molecule is CC(NC1=NCCCN1C)C1CCC1. The number of aliphatic imine (C=N–C) groups is 1. The standard InChI is InChI=1S/C11H21N3/c1-9(10-5-3-6-10)13-11-12-7-4-8-14(11)2/h9-10H,3-8H2,1-2H3,(H,12,13). The molecule has 14 heavy (non-hydrogen) atoms. The van der Waals surface area contributed by atoms with E-state index in [1.54, 1.807) is 0 Å². The van der Waals surface area contributed by atoms with Crippen LogP contribution in [0.2, 0.25) is 0 Å². The fraction of sp³-hybridized carbons (Fsp3) is 0.909. The maximum Gasteiger partial charge on any atom is 0.193 e. The third kappa shape index (κ3) is 2.02. The van der Waals surface area contributed by atoms with Gasteiger partial charge >= 0.3 is 0 Å². The van der Waals surface area contributed by atoms with Crippen molar-refractivity contribution >= 4 is 5.96 Å². The number of hydrogen-bond donors (Lipinski definition) is 1. The number of nitrogens with zero attached hydrogens (tertiary/aromatic N) is 2. The molecule has 2 aliphatic rings. The summed E-state index contributed by atoms with van der Waals surface area (Å²) in [7, 11) is 2.12. The van der Waals surface area contributed by atoms with E-state index in [2.05, 4.69) is 29.2 Å². The second-order valence-electron chi connectivity index (χ2n) is 4.60. The molecule has 0 aromatic rings. The van der Waals surface area contributed by atoms with Crippen LogP contribution < -0.4 is 5.32 Å². The highest BCUT2D eigenvalue weighted by Crippen LogP contribution is 2.29. The van der Waals surface area contributed by atoms with Crippen LogP contribution >= 0.6 is 0 Å². The molecule has 2 rings (SSSR count). The van der Waals surface area contributed by atoms with Gasteiger partial charge in [0, 0.05) is 26.2 Å². The molecule has 3 heteroatoms. The molecule has 1 aliphatic carbocycles. The summed E-state index contributed by atoms with van der Waals surface area (Å²) < 4.78 is 0. The Morgan fingerprint density at radius 1 is 1.43 bits per heavy atom. The molecule has 0 aromatic heterocycles. The van der Waals surface area contributed by atoms with Crippen molar-refractivity contribution in [2.24, 2.45) is 10.9 Å². The van der Waals surface area contributed by atoms with Crippen molar-refractivity contribution in [1.82, 2.24) is 10.2 Å².